The third-order valence-electron chi connectivity index (χ3n) is 4.34. The zero-order valence-corrected chi connectivity index (χ0v) is 15.4. The zero-order valence-electron chi connectivity index (χ0n) is 15.4. The number of amides is 1. The average Bonchev–Trinajstić information content (AvgIpc) is 2.62. The molecular weight excluding hydrogens is 336 g/mol. The van der Waals surface area contributed by atoms with Crippen LogP contribution in [0.4, 0.5) is 5.69 Å². The summed E-state index contributed by atoms with van der Waals surface area (Å²) in [7, 11) is 0. The smallest absolute Gasteiger partial charge is 0.340 e. The van der Waals surface area contributed by atoms with E-state index in [1.807, 2.05) is 0 Å². The fourth-order valence-corrected chi connectivity index (χ4v) is 3.17. The number of ether oxygens (including phenoxy) is 2. The molecule has 0 radical (unpaired) electrons. The predicted molar refractivity (Wildman–Crippen MR) is 95.9 cm³/mol. The van der Waals surface area contributed by atoms with E-state index in [9.17, 15) is 14.4 Å². The minimum Gasteiger partial charge on any atom is -0.466 e. The Morgan fingerprint density at radius 2 is 1.88 bits per heavy atom. The number of quaternary nitrogens is 1. The Morgan fingerprint density at radius 1 is 1.15 bits per heavy atom. The number of hydrogen-bond acceptors (Lipinski definition) is 5. The molecule has 1 amide bonds. The Labute approximate surface area is 153 Å². The average molecular weight is 363 g/mol. The first-order valence-corrected chi connectivity index (χ1v) is 9.11. The van der Waals surface area contributed by atoms with Crippen molar-refractivity contribution in [2.24, 2.45) is 5.92 Å². The van der Waals surface area contributed by atoms with Crippen molar-refractivity contribution in [3.63, 3.8) is 0 Å². The van der Waals surface area contributed by atoms with Gasteiger partial charge in [-0.25, -0.2) is 4.79 Å². The molecule has 1 aromatic carbocycles. The summed E-state index contributed by atoms with van der Waals surface area (Å²) in [6.45, 7) is 5.84. The zero-order chi connectivity index (χ0) is 18.9. The molecule has 1 aliphatic rings. The van der Waals surface area contributed by atoms with Crippen LogP contribution in [0.25, 0.3) is 0 Å². The molecule has 2 N–H and O–H groups in total. The van der Waals surface area contributed by atoms with Crippen LogP contribution in [-0.2, 0) is 19.1 Å². The second kappa shape index (κ2) is 9.91. The predicted octanol–water partition coefficient (Wildman–Crippen LogP) is 0.660. The number of rotatable bonds is 7. The number of likely N-dealkylation sites (tertiary alicyclic amines) is 1. The molecule has 2 rings (SSSR count). The number of nitrogens with one attached hydrogen (secondary N) is 2. The molecule has 0 saturated carbocycles. The first-order valence-electron chi connectivity index (χ1n) is 9.11. The lowest BCUT2D eigenvalue weighted by atomic mass is 9.98. The first kappa shape index (κ1) is 19.9. The van der Waals surface area contributed by atoms with Gasteiger partial charge >= 0.3 is 11.9 Å². The topological polar surface area (TPSA) is 86.1 Å². The molecule has 0 aromatic heterocycles. The van der Waals surface area contributed by atoms with E-state index in [1.165, 1.54) is 0 Å². The van der Waals surface area contributed by atoms with Crippen molar-refractivity contribution in [3.8, 4) is 0 Å². The van der Waals surface area contributed by atoms with E-state index in [0.29, 0.717) is 24.4 Å². The quantitative estimate of drug-likeness (QED) is 0.695. The van der Waals surface area contributed by atoms with Gasteiger partial charge in [0.25, 0.3) is 5.91 Å². The summed E-state index contributed by atoms with van der Waals surface area (Å²) in [5.41, 5.74) is 0.773. The molecule has 26 heavy (non-hydrogen) atoms. The van der Waals surface area contributed by atoms with Crippen molar-refractivity contribution in [3.05, 3.63) is 29.8 Å². The number of para-hydroxylation sites is 1. The van der Waals surface area contributed by atoms with Crippen LogP contribution in [0.15, 0.2) is 24.3 Å². The molecule has 0 bridgehead atoms. The Balaban J connectivity index is 1.94. The fraction of sp³-hybridized carbons (Fsp3) is 0.526. The Bertz CT molecular complexity index is 647. The second-order valence-electron chi connectivity index (χ2n) is 6.29. The van der Waals surface area contributed by atoms with E-state index in [1.54, 1.807) is 38.1 Å². The molecule has 1 aromatic rings. The Kier molecular flexibility index (Phi) is 7.59. The van der Waals surface area contributed by atoms with Crippen LogP contribution in [0.3, 0.4) is 0 Å². The molecule has 1 unspecified atom stereocenters. The molecule has 7 nitrogen and oxygen atoms in total. The standard InChI is InChI=1S/C19H26N2O5/c1-3-25-18(23)14-8-7-11-21(12-14)13-17(22)20-16-10-6-5-9-15(16)19(24)26-4-2/h5-6,9-10,14H,3-4,7-8,11-13H2,1-2H3,(H,20,22)/p+1/t14-/m0/s1. The number of benzene rings is 1. The van der Waals surface area contributed by atoms with Gasteiger partial charge in [0.05, 0.1) is 37.6 Å². The summed E-state index contributed by atoms with van der Waals surface area (Å²) in [5, 5.41) is 2.79. The molecule has 0 aliphatic carbocycles. The molecular formula is C19H27N2O5+. The van der Waals surface area contributed by atoms with Crippen molar-refractivity contribution in [1.29, 1.82) is 0 Å². The number of anilines is 1. The van der Waals surface area contributed by atoms with E-state index < -0.39 is 5.97 Å². The van der Waals surface area contributed by atoms with Gasteiger partial charge in [0.1, 0.15) is 5.92 Å². The van der Waals surface area contributed by atoms with Crippen LogP contribution < -0.4 is 10.2 Å². The van der Waals surface area contributed by atoms with Gasteiger partial charge in [-0.2, -0.15) is 0 Å². The lowest BCUT2D eigenvalue weighted by molar-refractivity contribution is -0.899. The maximum absolute atomic E-state index is 12.4. The molecule has 1 fully saturated rings. The summed E-state index contributed by atoms with van der Waals surface area (Å²) in [6.07, 6.45) is 1.68. The summed E-state index contributed by atoms with van der Waals surface area (Å²) in [6, 6.07) is 6.78. The second-order valence-corrected chi connectivity index (χ2v) is 6.29. The molecule has 0 spiro atoms. The van der Waals surface area contributed by atoms with Gasteiger partial charge < -0.3 is 19.7 Å². The number of hydrogen-bond donors (Lipinski definition) is 2. The fourth-order valence-electron chi connectivity index (χ4n) is 3.17. The van der Waals surface area contributed by atoms with Crippen molar-refractivity contribution < 1.29 is 28.8 Å². The molecule has 2 atom stereocenters. The van der Waals surface area contributed by atoms with Crippen LogP contribution in [0.5, 0.6) is 0 Å². The molecule has 1 saturated heterocycles. The largest absolute Gasteiger partial charge is 0.466 e. The highest BCUT2D eigenvalue weighted by molar-refractivity contribution is 6.01. The third-order valence-corrected chi connectivity index (χ3v) is 4.34. The molecule has 142 valence electrons. The van der Waals surface area contributed by atoms with E-state index in [4.69, 9.17) is 9.47 Å². The Hall–Kier alpha value is -2.41. The van der Waals surface area contributed by atoms with Gasteiger partial charge in [-0.1, -0.05) is 12.1 Å². The number of esters is 2. The molecule has 1 aliphatic heterocycles. The number of carbonyl (C=O) groups excluding carboxylic acids is 3. The maximum atomic E-state index is 12.4. The first-order chi connectivity index (χ1) is 12.5. The molecule has 7 heteroatoms. The number of carbonyl (C=O) groups is 3. The van der Waals surface area contributed by atoms with E-state index in [-0.39, 0.29) is 30.9 Å². The lowest BCUT2D eigenvalue weighted by Gasteiger charge is -2.28. The monoisotopic (exact) mass is 363 g/mol. The maximum Gasteiger partial charge on any atom is 0.340 e. The summed E-state index contributed by atoms with van der Waals surface area (Å²) in [5.74, 6) is -0.992. The van der Waals surface area contributed by atoms with Crippen LogP contribution in [-0.4, -0.2) is 50.7 Å². The van der Waals surface area contributed by atoms with Crippen LogP contribution >= 0.6 is 0 Å². The van der Waals surface area contributed by atoms with E-state index in [0.717, 1.165) is 24.3 Å². The van der Waals surface area contributed by atoms with Gasteiger partial charge in [-0.05, 0) is 38.8 Å². The lowest BCUT2D eigenvalue weighted by Crippen LogP contribution is -3.14. The van der Waals surface area contributed by atoms with Crippen molar-refractivity contribution >= 4 is 23.5 Å². The van der Waals surface area contributed by atoms with Crippen LogP contribution in [0, 0.1) is 5.92 Å². The summed E-state index contributed by atoms with van der Waals surface area (Å²) >= 11 is 0. The van der Waals surface area contributed by atoms with Crippen LogP contribution in [0.2, 0.25) is 0 Å². The van der Waals surface area contributed by atoms with Gasteiger partial charge in [0.2, 0.25) is 0 Å². The highest BCUT2D eigenvalue weighted by atomic mass is 16.5. The van der Waals surface area contributed by atoms with Gasteiger partial charge in [0.15, 0.2) is 6.54 Å². The minimum absolute atomic E-state index is 0.154. The van der Waals surface area contributed by atoms with E-state index in [2.05, 4.69) is 5.32 Å². The van der Waals surface area contributed by atoms with Crippen molar-refractivity contribution in [1.82, 2.24) is 0 Å². The van der Waals surface area contributed by atoms with E-state index >= 15 is 0 Å². The normalized spacial score (nSPS) is 19.5. The summed E-state index contributed by atoms with van der Waals surface area (Å²) in [4.78, 5) is 37.4. The van der Waals surface area contributed by atoms with Gasteiger partial charge in [-0.15, -0.1) is 0 Å². The van der Waals surface area contributed by atoms with Crippen LogP contribution in [0.1, 0.15) is 37.0 Å². The highest BCUT2D eigenvalue weighted by Crippen LogP contribution is 2.16. The highest BCUT2D eigenvalue weighted by Gasteiger charge is 2.30. The van der Waals surface area contributed by atoms with Crippen molar-refractivity contribution in [2.75, 3.05) is 38.2 Å². The van der Waals surface area contributed by atoms with Gasteiger partial charge in [-0.3, -0.25) is 9.59 Å². The minimum atomic E-state index is -0.462. The van der Waals surface area contributed by atoms with Gasteiger partial charge in [0, 0.05) is 0 Å². The SMILES string of the molecule is CCOC(=O)c1ccccc1NC(=O)C[NH+]1CCC[C@H](C(=O)OCC)C1. The van der Waals surface area contributed by atoms with Crippen molar-refractivity contribution in [2.45, 2.75) is 26.7 Å². The Morgan fingerprint density at radius 3 is 2.62 bits per heavy atom. The number of piperidine rings is 1. The summed E-state index contributed by atoms with van der Waals surface area (Å²) < 4.78 is 10.1. The molecule has 1 heterocycles. The third kappa shape index (κ3) is 5.56.